The highest BCUT2D eigenvalue weighted by atomic mass is 79.9. The molecule has 0 heterocycles. The van der Waals surface area contributed by atoms with E-state index in [0.717, 1.165) is 22.7 Å². The Labute approximate surface area is 123 Å². The van der Waals surface area contributed by atoms with Crippen molar-refractivity contribution >= 4 is 33.2 Å². The van der Waals surface area contributed by atoms with Crippen LogP contribution in [0.15, 0.2) is 46.9 Å². The second-order valence-corrected chi connectivity index (χ2v) is 4.95. The van der Waals surface area contributed by atoms with Crippen LogP contribution in [0.1, 0.15) is 0 Å². The summed E-state index contributed by atoms with van der Waals surface area (Å²) in [6.45, 7) is -0.160. The zero-order valence-corrected chi connectivity index (χ0v) is 11.9. The van der Waals surface area contributed by atoms with Crippen molar-refractivity contribution in [3.63, 3.8) is 0 Å². The third-order valence-corrected chi connectivity index (χ3v) is 2.97. The third kappa shape index (κ3) is 4.03. The van der Waals surface area contributed by atoms with Gasteiger partial charge in [0.1, 0.15) is 11.6 Å². The molecule has 0 bridgehead atoms. The van der Waals surface area contributed by atoms with Crippen LogP contribution in [0.25, 0.3) is 0 Å². The Morgan fingerprint density at radius 3 is 2.70 bits per heavy atom. The minimum atomic E-state index is -0.610. The second kappa shape index (κ2) is 6.47. The Balaban J connectivity index is 1.94. The lowest BCUT2D eigenvalue weighted by atomic mass is 10.3. The Morgan fingerprint density at radius 2 is 1.95 bits per heavy atom. The Kier molecular flexibility index (Phi) is 4.68. The number of hydrogen-bond acceptors (Lipinski definition) is 2. The average molecular weight is 341 g/mol. The zero-order chi connectivity index (χ0) is 14.5. The first kappa shape index (κ1) is 14.5. The summed E-state index contributed by atoms with van der Waals surface area (Å²) in [5.41, 5.74) is 0.570. The number of benzene rings is 2. The molecule has 0 aromatic heterocycles. The van der Waals surface area contributed by atoms with E-state index in [1.807, 2.05) is 6.07 Å². The van der Waals surface area contributed by atoms with E-state index in [4.69, 9.17) is 0 Å². The summed E-state index contributed by atoms with van der Waals surface area (Å²) in [5.74, 6) is -1.53. The number of carbonyl (C=O) groups excluding carboxylic acids is 1. The number of halogens is 3. The van der Waals surface area contributed by atoms with Gasteiger partial charge in [0.2, 0.25) is 5.91 Å². The molecule has 0 spiro atoms. The molecule has 0 saturated carbocycles. The standard InChI is InChI=1S/C14H11BrF2N2O/c15-9-2-1-3-11(6-9)19-14(20)8-18-13-7-10(16)4-5-12(13)17/h1-7,18H,8H2,(H,19,20). The molecule has 1 amide bonds. The SMILES string of the molecule is O=C(CNc1cc(F)ccc1F)Nc1cccc(Br)c1. The van der Waals surface area contributed by atoms with Crippen molar-refractivity contribution in [3.05, 3.63) is 58.6 Å². The molecule has 0 radical (unpaired) electrons. The number of amides is 1. The highest BCUT2D eigenvalue weighted by Crippen LogP contribution is 2.16. The van der Waals surface area contributed by atoms with Gasteiger partial charge in [-0.1, -0.05) is 22.0 Å². The molecule has 0 unspecified atom stereocenters. The highest BCUT2D eigenvalue weighted by Gasteiger charge is 2.06. The fraction of sp³-hybridized carbons (Fsp3) is 0.0714. The molecule has 2 rings (SSSR count). The molecule has 0 aliphatic heterocycles. The van der Waals surface area contributed by atoms with Crippen LogP contribution in [0.5, 0.6) is 0 Å². The Morgan fingerprint density at radius 1 is 1.15 bits per heavy atom. The van der Waals surface area contributed by atoms with Gasteiger partial charge in [0.25, 0.3) is 0 Å². The summed E-state index contributed by atoms with van der Waals surface area (Å²) >= 11 is 3.29. The number of rotatable bonds is 4. The Bertz CT molecular complexity index is 634. The van der Waals surface area contributed by atoms with Crippen molar-refractivity contribution in [2.45, 2.75) is 0 Å². The summed E-state index contributed by atoms with van der Waals surface area (Å²) in [4.78, 5) is 11.7. The molecule has 104 valence electrons. The maximum Gasteiger partial charge on any atom is 0.243 e. The van der Waals surface area contributed by atoms with Gasteiger partial charge in [-0.25, -0.2) is 8.78 Å². The monoisotopic (exact) mass is 340 g/mol. The molecule has 0 saturated heterocycles. The van der Waals surface area contributed by atoms with Crippen molar-refractivity contribution in [1.82, 2.24) is 0 Å². The average Bonchev–Trinajstić information content (AvgIpc) is 2.40. The first-order valence-electron chi connectivity index (χ1n) is 5.79. The summed E-state index contributed by atoms with van der Waals surface area (Å²) in [6.07, 6.45) is 0. The van der Waals surface area contributed by atoms with Crippen molar-refractivity contribution in [1.29, 1.82) is 0 Å². The van der Waals surface area contributed by atoms with Crippen LogP contribution in [-0.2, 0) is 4.79 Å². The van der Waals surface area contributed by atoms with Crippen molar-refractivity contribution in [3.8, 4) is 0 Å². The first-order chi connectivity index (χ1) is 9.54. The first-order valence-corrected chi connectivity index (χ1v) is 6.58. The molecule has 2 N–H and O–H groups in total. The minimum Gasteiger partial charge on any atom is -0.374 e. The summed E-state index contributed by atoms with van der Waals surface area (Å²) in [5, 5.41) is 5.19. The number of nitrogens with one attached hydrogen (secondary N) is 2. The quantitative estimate of drug-likeness (QED) is 0.889. The van der Waals surface area contributed by atoms with Crippen molar-refractivity contribution in [2.24, 2.45) is 0 Å². The molecule has 0 fully saturated rings. The van der Waals surface area contributed by atoms with E-state index >= 15 is 0 Å². The lowest BCUT2D eigenvalue weighted by Crippen LogP contribution is -2.22. The molecule has 6 heteroatoms. The normalized spacial score (nSPS) is 10.2. The van der Waals surface area contributed by atoms with Gasteiger partial charge >= 0.3 is 0 Å². The van der Waals surface area contributed by atoms with Crippen LogP contribution < -0.4 is 10.6 Å². The fourth-order valence-electron chi connectivity index (χ4n) is 1.58. The van der Waals surface area contributed by atoms with E-state index in [2.05, 4.69) is 26.6 Å². The van der Waals surface area contributed by atoms with Gasteiger partial charge < -0.3 is 10.6 Å². The van der Waals surface area contributed by atoms with E-state index in [1.165, 1.54) is 0 Å². The van der Waals surface area contributed by atoms with Crippen LogP contribution in [0.3, 0.4) is 0 Å². The van der Waals surface area contributed by atoms with E-state index in [1.54, 1.807) is 18.2 Å². The van der Waals surface area contributed by atoms with Gasteiger partial charge in [0.05, 0.1) is 12.2 Å². The van der Waals surface area contributed by atoms with Gasteiger partial charge in [-0.3, -0.25) is 4.79 Å². The van der Waals surface area contributed by atoms with Crippen molar-refractivity contribution in [2.75, 3.05) is 17.2 Å². The molecule has 0 aliphatic carbocycles. The molecular formula is C14H11BrF2N2O. The zero-order valence-electron chi connectivity index (χ0n) is 10.3. The second-order valence-electron chi connectivity index (χ2n) is 4.04. The van der Waals surface area contributed by atoms with Crippen LogP contribution in [-0.4, -0.2) is 12.5 Å². The largest absolute Gasteiger partial charge is 0.374 e. The van der Waals surface area contributed by atoms with Crippen LogP contribution in [0.2, 0.25) is 0 Å². The molecule has 2 aromatic carbocycles. The fourth-order valence-corrected chi connectivity index (χ4v) is 1.98. The van der Waals surface area contributed by atoms with E-state index in [9.17, 15) is 13.6 Å². The van der Waals surface area contributed by atoms with Crippen LogP contribution >= 0.6 is 15.9 Å². The molecule has 0 aliphatic rings. The lowest BCUT2D eigenvalue weighted by Gasteiger charge is -2.09. The predicted octanol–water partition coefficient (Wildman–Crippen LogP) is 3.78. The predicted molar refractivity (Wildman–Crippen MR) is 77.6 cm³/mol. The van der Waals surface area contributed by atoms with Crippen LogP contribution in [0, 0.1) is 11.6 Å². The molecular weight excluding hydrogens is 330 g/mol. The smallest absolute Gasteiger partial charge is 0.243 e. The van der Waals surface area contributed by atoms with E-state index in [0.29, 0.717) is 5.69 Å². The Hall–Kier alpha value is -1.95. The summed E-state index contributed by atoms with van der Waals surface area (Å²) in [7, 11) is 0. The summed E-state index contributed by atoms with van der Waals surface area (Å²) in [6, 6.07) is 10.1. The van der Waals surface area contributed by atoms with Crippen molar-refractivity contribution < 1.29 is 13.6 Å². The maximum absolute atomic E-state index is 13.3. The molecule has 3 nitrogen and oxygen atoms in total. The number of anilines is 2. The lowest BCUT2D eigenvalue weighted by molar-refractivity contribution is -0.114. The van der Waals surface area contributed by atoms with Crippen LogP contribution in [0.4, 0.5) is 20.2 Å². The summed E-state index contributed by atoms with van der Waals surface area (Å²) < 4.78 is 27.1. The van der Waals surface area contributed by atoms with Gasteiger partial charge in [-0.2, -0.15) is 0 Å². The van der Waals surface area contributed by atoms with Gasteiger partial charge in [0.15, 0.2) is 0 Å². The number of hydrogen-bond donors (Lipinski definition) is 2. The third-order valence-electron chi connectivity index (χ3n) is 2.48. The minimum absolute atomic E-state index is 0.0469. The number of carbonyl (C=O) groups is 1. The molecule has 0 atom stereocenters. The van der Waals surface area contributed by atoms with Gasteiger partial charge in [-0.15, -0.1) is 0 Å². The maximum atomic E-state index is 13.3. The molecule has 2 aromatic rings. The highest BCUT2D eigenvalue weighted by molar-refractivity contribution is 9.10. The van der Waals surface area contributed by atoms with E-state index < -0.39 is 11.6 Å². The topological polar surface area (TPSA) is 41.1 Å². The van der Waals surface area contributed by atoms with Gasteiger partial charge in [0, 0.05) is 10.2 Å². The van der Waals surface area contributed by atoms with Gasteiger partial charge in [-0.05, 0) is 36.4 Å². The van der Waals surface area contributed by atoms with E-state index in [-0.39, 0.29) is 18.1 Å². The molecule has 20 heavy (non-hydrogen) atoms.